The second kappa shape index (κ2) is 5.74. The first-order valence-electron chi connectivity index (χ1n) is 6.76. The summed E-state index contributed by atoms with van der Waals surface area (Å²) in [5.41, 5.74) is 1.71. The van der Waals surface area contributed by atoms with Crippen LogP contribution in [0.25, 0.3) is 0 Å². The largest absolute Gasteiger partial charge is 0.393 e. The van der Waals surface area contributed by atoms with E-state index < -0.39 is 18.1 Å². The minimum absolute atomic E-state index is 0.162. The molecule has 20 heavy (non-hydrogen) atoms. The Labute approximate surface area is 116 Å². The van der Waals surface area contributed by atoms with Crippen molar-refractivity contribution >= 4 is 5.69 Å². The highest BCUT2D eigenvalue weighted by Gasteiger charge is 2.45. The lowest BCUT2D eigenvalue weighted by atomic mass is 9.83. The third-order valence-corrected chi connectivity index (χ3v) is 3.91. The summed E-state index contributed by atoms with van der Waals surface area (Å²) in [5, 5.41) is 12.1. The first kappa shape index (κ1) is 14.7. The summed E-state index contributed by atoms with van der Waals surface area (Å²) in [4.78, 5) is 0. The summed E-state index contributed by atoms with van der Waals surface area (Å²) in [5.74, 6) is -1.33. The molecule has 1 aliphatic rings. The quantitative estimate of drug-likeness (QED) is 0.872. The molecule has 0 saturated heterocycles. The maximum atomic E-state index is 13.1. The molecule has 1 saturated carbocycles. The number of anilines is 1. The Morgan fingerprint density at radius 2 is 1.95 bits per heavy atom. The standard InChI is InChI=1S/C15H17F3N2/c1-10-5-4-8-13(11(10)9-19)20-14-7-3-2-6-12(14)15(16,17)18/h4-5,8,12,14,20H,2-3,6-7H2,1H3. The number of halogens is 3. The molecular weight excluding hydrogens is 265 g/mol. The highest BCUT2D eigenvalue weighted by atomic mass is 19.4. The fourth-order valence-corrected chi connectivity index (χ4v) is 2.83. The van der Waals surface area contributed by atoms with Crippen molar-refractivity contribution < 1.29 is 13.2 Å². The molecule has 1 fully saturated rings. The first-order valence-corrected chi connectivity index (χ1v) is 6.76. The van der Waals surface area contributed by atoms with Gasteiger partial charge in [0.1, 0.15) is 6.07 Å². The van der Waals surface area contributed by atoms with Crippen LogP contribution < -0.4 is 5.32 Å². The van der Waals surface area contributed by atoms with Crippen LogP contribution in [0.5, 0.6) is 0 Å². The molecule has 0 radical (unpaired) electrons. The average molecular weight is 282 g/mol. The van der Waals surface area contributed by atoms with Crippen LogP contribution in [0, 0.1) is 24.2 Å². The number of hydrogen-bond donors (Lipinski definition) is 1. The molecule has 2 unspecified atom stereocenters. The maximum Gasteiger partial charge on any atom is 0.393 e. The molecule has 0 spiro atoms. The summed E-state index contributed by atoms with van der Waals surface area (Å²) in [7, 11) is 0. The Balaban J connectivity index is 2.24. The molecule has 1 aliphatic carbocycles. The third kappa shape index (κ3) is 3.06. The maximum absolute atomic E-state index is 13.1. The van der Waals surface area contributed by atoms with E-state index in [-0.39, 0.29) is 6.42 Å². The van der Waals surface area contributed by atoms with Gasteiger partial charge in [0.25, 0.3) is 0 Å². The molecule has 0 amide bonds. The van der Waals surface area contributed by atoms with E-state index >= 15 is 0 Å². The molecule has 2 nitrogen and oxygen atoms in total. The Bertz CT molecular complexity index is 517. The van der Waals surface area contributed by atoms with Crippen LogP contribution in [0.1, 0.15) is 36.8 Å². The minimum Gasteiger partial charge on any atom is -0.381 e. The van der Waals surface area contributed by atoms with Crippen molar-refractivity contribution in [2.75, 3.05) is 5.32 Å². The van der Waals surface area contributed by atoms with Crippen LogP contribution in [0.4, 0.5) is 18.9 Å². The second-order valence-electron chi connectivity index (χ2n) is 5.29. The van der Waals surface area contributed by atoms with E-state index in [0.717, 1.165) is 12.0 Å². The number of hydrogen-bond acceptors (Lipinski definition) is 2. The van der Waals surface area contributed by atoms with Crippen molar-refractivity contribution in [2.24, 2.45) is 5.92 Å². The number of rotatable bonds is 2. The van der Waals surface area contributed by atoms with E-state index in [1.165, 1.54) is 0 Å². The van der Waals surface area contributed by atoms with Crippen molar-refractivity contribution in [3.63, 3.8) is 0 Å². The summed E-state index contributed by atoms with van der Waals surface area (Å²) < 4.78 is 39.2. The SMILES string of the molecule is Cc1cccc(NC2CCCCC2C(F)(F)F)c1C#N. The van der Waals surface area contributed by atoms with E-state index in [1.54, 1.807) is 25.1 Å². The summed E-state index contributed by atoms with van der Waals surface area (Å²) >= 11 is 0. The van der Waals surface area contributed by atoms with E-state index in [2.05, 4.69) is 11.4 Å². The van der Waals surface area contributed by atoms with Gasteiger partial charge in [0.15, 0.2) is 0 Å². The lowest BCUT2D eigenvalue weighted by molar-refractivity contribution is -0.184. The molecule has 1 aromatic rings. The molecular formula is C15H17F3N2. The molecule has 108 valence electrons. The first-order chi connectivity index (χ1) is 9.43. The number of nitrogens with one attached hydrogen (secondary N) is 1. The van der Waals surface area contributed by atoms with Gasteiger partial charge in [-0.3, -0.25) is 0 Å². The monoisotopic (exact) mass is 282 g/mol. The number of aryl methyl sites for hydroxylation is 1. The van der Waals surface area contributed by atoms with Crippen LogP contribution in [0.15, 0.2) is 18.2 Å². The number of nitrogens with zero attached hydrogens (tertiary/aromatic N) is 1. The normalized spacial score (nSPS) is 23.1. The zero-order chi connectivity index (χ0) is 14.8. The lowest BCUT2D eigenvalue weighted by Crippen LogP contribution is -2.41. The molecule has 5 heteroatoms. The smallest absolute Gasteiger partial charge is 0.381 e. The van der Waals surface area contributed by atoms with Gasteiger partial charge in [0, 0.05) is 6.04 Å². The lowest BCUT2D eigenvalue weighted by Gasteiger charge is -2.34. The van der Waals surface area contributed by atoms with Crippen molar-refractivity contribution in [1.29, 1.82) is 5.26 Å². The van der Waals surface area contributed by atoms with E-state index in [9.17, 15) is 13.2 Å². The van der Waals surface area contributed by atoms with Gasteiger partial charge in [-0.1, -0.05) is 25.0 Å². The van der Waals surface area contributed by atoms with Crippen LogP contribution >= 0.6 is 0 Å². The van der Waals surface area contributed by atoms with Crippen molar-refractivity contribution in [3.05, 3.63) is 29.3 Å². The van der Waals surface area contributed by atoms with Crippen LogP contribution in [-0.4, -0.2) is 12.2 Å². The molecule has 0 bridgehead atoms. The number of alkyl halides is 3. The van der Waals surface area contributed by atoms with Crippen molar-refractivity contribution in [1.82, 2.24) is 0 Å². The van der Waals surface area contributed by atoms with Gasteiger partial charge in [-0.05, 0) is 31.4 Å². The fourth-order valence-electron chi connectivity index (χ4n) is 2.83. The molecule has 1 N–H and O–H groups in total. The highest BCUT2D eigenvalue weighted by Crippen LogP contribution is 2.39. The van der Waals surface area contributed by atoms with Gasteiger partial charge in [-0.2, -0.15) is 18.4 Å². The van der Waals surface area contributed by atoms with Gasteiger partial charge in [-0.15, -0.1) is 0 Å². The minimum atomic E-state index is -4.19. The van der Waals surface area contributed by atoms with Crippen LogP contribution in [0.3, 0.4) is 0 Å². The highest BCUT2D eigenvalue weighted by molar-refractivity contribution is 5.61. The molecule has 0 aliphatic heterocycles. The molecule has 0 heterocycles. The molecule has 2 atom stereocenters. The van der Waals surface area contributed by atoms with Gasteiger partial charge in [-0.25, -0.2) is 0 Å². The summed E-state index contributed by atoms with van der Waals surface area (Å²) in [6.45, 7) is 1.78. The molecule has 2 rings (SSSR count). The third-order valence-electron chi connectivity index (χ3n) is 3.91. The summed E-state index contributed by atoms with van der Waals surface area (Å²) in [6.07, 6.45) is -2.13. The van der Waals surface area contributed by atoms with Crippen molar-refractivity contribution in [3.8, 4) is 6.07 Å². The van der Waals surface area contributed by atoms with Gasteiger partial charge >= 0.3 is 6.18 Å². The predicted octanol–water partition coefficient (Wildman–Crippen LogP) is 4.40. The van der Waals surface area contributed by atoms with E-state index in [1.807, 2.05) is 0 Å². The van der Waals surface area contributed by atoms with E-state index in [0.29, 0.717) is 24.1 Å². The van der Waals surface area contributed by atoms with Gasteiger partial charge in [0.05, 0.1) is 17.2 Å². The summed E-state index contributed by atoms with van der Waals surface area (Å²) in [6, 6.07) is 6.63. The predicted molar refractivity (Wildman–Crippen MR) is 71.3 cm³/mol. The topological polar surface area (TPSA) is 35.8 Å². The zero-order valence-electron chi connectivity index (χ0n) is 11.3. The van der Waals surface area contributed by atoms with Crippen LogP contribution in [0.2, 0.25) is 0 Å². The Hall–Kier alpha value is -1.70. The van der Waals surface area contributed by atoms with Crippen molar-refractivity contribution in [2.45, 2.75) is 44.8 Å². The molecule has 0 aromatic heterocycles. The average Bonchev–Trinajstić information content (AvgIpc) is 2.38. The number of nitriles is 1. The van der Waals surface area contributed by atoms with Crippen LogP contribution in [-0.2, 0) is 0 Å². The van der Waals surface area contributed by atoms with E-state index in [4.69, 9.17) is 5.26 Å². The second-order valence-corrected chi connectivity index (χ2v) is 5.29. The Morgan fingerprint density at radius 1 is 1.25 bits per heavy atom. The fraction of sp³-hybridized carbons (Fsp3) is 0.533. The number of benzene rings is 1. The Kier molecular flexibility index (Phi) is 4.22. The Morgan fingerprint density at radius 3 is 2.60 bits per heavy atom. The van der Waals surface area contributed by atoms with Gasteiger partial charge < -0.3 is 5.32 Å². The van der Waals surface area contributed by atoms with Gasteiger partial charge in [0.2, 0.25) is 0 Å². The zero-order valence-corrected chi connectivity index (χ0v) is 11.3. The molecule has 1 aromatic carbocycles.